The predicted octanol–water partition coefficient (Wildman–Crippen LogP) is 2.18. The average molecular weight is 226 g/mol. The highest BCUT2D eigenvalue weighted by Gasteiger charge is 2.07. The third-order valence-corrected chi connectivity index (χ3v) is 2.58. The standard InChI is InChI=1S/C12H10N4O/c1-7-15-12(16-17-7)9-3-2-8-4-5-14-11(13)10(8)6-9/h2-6H,1H3,(H2,13,14). The van der Waals surface area contributed by atoms with Crippen molar-refractivity contribution in [3.05, 3.63) is 36.4 Å². The van der Waals surface area contributed by atoms with Crippen molar-refractivity contribution in [3.63, 3.8) is 0 Å². The fraction of sp³-hybridized carbons (Fsp3) is 0.0833. The van der Waals surface area contributed by atoms with Crippen LogP contribution in [0.15, 0.2) is 35.0 Å². The maximum Gasteiger partial charge on any atom is 0.223 e. The Morgan fingerprint density at radius 2 is 2.12 bits per heavy atom. The Morgan fingerprint density at radius 3 is 2.88 bits per heavy atom. The van der Waals surface area contributed by atoms with Crippen LogP contribution in [0.3, 0.4) is 0 Å². The van der Waals surface area contributed by atoms with Crippen LogP contribution in [-0.4, -0.2) is 15.1 Å². The van der Waals surface area contributed by atoms with Crippen molar-refractivity contribution < 1.29 is 4.52 Å². The average Bonchev–Trinajstić information content (AvgIpc) is 2.76. The van der Waals surface area contributed by atoms with Gasteiger partial charge in [0.05, 0.1) is 0 Å². The maximum atomic E-state index is 5.83. The summed E-state index contributed by atoms with van der Waals surface area (Å²) in [5, 5.41) is 5.81. The minimum Gasteiger partial charge on any atom is -0.383 e. The normalized spacial score (nSPS) is 10.9. The second-order valence-corrected chi connectivity index (χ2v) is 3.77. The number of nitrogen functional groups attached to an aromatic ring is 1. The first-order valence-corrected chi connectivity index (χ1v) is 5.19. The lowest BCUT2D eigenvalue weighted by atomic mass is 10.1. The molecule has 2 aromatic heterocycles. The highest BCUT2D eigenvalue weighted by molar-refractivity contribution is 5.93. The number of nitrogens with two attached hydrogens (primary N) is 1. The molecule has 2 N–H and O–H groups in total. The van der Waals surface area contributed by atoms with Crippen LogP contribution in [0.2, 0.25) is 0 Å². The van der Waals surface area contributed by atoms with Gasteiger partial charge >= 0.3 is 0 Å². The van der Waals surface area contributed by atoms with Gasteiger partial charge in [0.15, 0.2) is 0 Å². The van der Waals surface area contributed by atoms with Gasteiger partial charge < -0.3 is 10.3 Å². The predicted molar refractivity (Wildman–Crippen MR) is 64.2 cm³/mol. The molecule has 0 aliphatic heterocycles. The number of nitrogens with zero attached hydrogens (tertiary/aromatic N) is 3. The molecule has 0 saturated carbocycles. The Labute approximate surface area is 97.3 Å². The molecule has 0 fully saturated rings. The van der Waals surface area contributed by atoms with Crippen molar-refractivity contribution >= 4 is 16.6 Å². The fourth-order valence-corrected chi connectivity index (χ4v) is 1.75. The lowest BCUT2D eigenvalue weighted by Crippen LogP contribution is -1.91. The topological polar surface area (TPSA) is 77.8 Å². The first-order chi connectivity index (χ1) is 8.24. The first kappa shape index (κ1) is 9.77. The van der Waals surface area contributed by atoms with Gasteiger partial charge in [0.2, 0.25) is 11.7 Å². The Kier molecular flexibility index (Phi) is 2.04. The Morgan fingerprint density at radius 1 is 1.24 bits per heavy atom. The molecule has 5 heteroatoms. The molecule has 84 valence electrons. The molecule has 0 radical (unpaired) electrons. The quantitative estimate of drug-likeness (QED) is 0.688. The molecule has 0 atom stereocenters. The summed E-state index contributed by atoms with van der Waals surface area (Å²) < 4.78 is 4.95. The third-order valence-electron chi connectivity index (χ3n) is 2.58. The van der Waals surface area contributed by atoms with E-state index in [0.717, 1.165) is 16.3 Å². The van der Waals surface area contributed by atoms with Crippen molar-refractivity contribution in [2.45, 2.75) is 6.92 Å². The smallest absolute Gasteiger partial charge is 0.223 e. The Hall–Kier alpha value is -2.43. The number of pyridine rings is 1. The number of rotatable bonds is 1. The second-order valence-electron chi connectivity index (χ2n) is 3.77. The van der Waals surface area contributed by atoms with Gasteiger partial charge in [0, 0.05) is 24.1 Å². The van der Waals surface area contributed by atoms with Crippen LogP contribution in [0.1, 0.15) is 5.89 Å². The second kappa shape index (κ2) is 3.55. The molecule has 3 rings (SSSR count). The van der Waals surface area contributed by atoms with Crippen molar-refractivity contribution in [1.29, 1.82) is 0 Å². The van der Waals surface area contributed by atoms with Gasteiger partial charge in [0.1, 0.15) is 5.82 Å². The molecule has 0 saturated heterocycles. The molecule has 3 aromatic rings. The molecule has 0 bridgehead atoms. The Balaban J connectivity index is 2.22. The van der Waals surface area contributed by atoms with Crippen LogP contribution in [0.5, 0.6) is 0 Å². The van der Waals surface area contributed by atoms with Crippen molar-refractivity contribution in [1.82, 2.24) is 15.1 Å². The number of aryl methyl sites for hydroxylation is 1. The van der Waals surface area contributed by atoms with E-state index < -0.39 is 0 Å². The molecule has 0 aliphatic carbocycles. The lowest BCUT2D eigenvalue weighted by Gasteiger charge is -2.02. The van der Waals surface area contributed by atoms with E-state index in [-0.39, 0.29) is 0 Å². The molecule has 0 aliphatic rings. The van der Waals surface area contributed by atoms with Gasteiger partial charge in [0.25, 0.3) is 0 Å². The van der Waals surface area contributed by atoms with Crippen LogP contribution in [0.25, 0.3) is 22.2 Å². The minimum absolute atomic E-state index is 0.504. The third kappa shape index (κ3) is 1.61. The SMILES string of the molecule is Cc1nc(-c2ccc3ccnc(N)c3c2)no1. The largest absolute Gasteiger partial charge is 0.383 e. The van der Waals surface area contributed by atoms with Gasteiger partial charge in [-0.25, -0.2) is 4.98 Å². The molecular formula is C12H10N4O. The van der Waals surface area contributed by atoms with Gasteiger partial charge in [-0.15, -0.1) is 0 Å². The Bertz CT molecular complexity index is 690. The molecule has 5 nitrogen and oxygen atoms in total. The number of hydrogen-bond donors (Lipinski definition) is 1. The lowest BCUT2D eigenvalue weighted by molar-refractivity contribution is 0.394. The fourth-order valence-electron chi connectivity index (χ4n) is 1.75. The molecule has 0 spiro atoms. The highest BCUT2D eigenvalue weighted by atomic mass is 16.5. The van der Waals surface area contributed by atoms with Crippen molar-refractivity contribution in [2.75, 3.05) is 5.73 Å². The van der Waals surface area contributed by atoms with E-state index in [1.54, 1.807) is 13.1 Å². The number of fused-ring (bicyclic) bond motifs is 1. The number of aromatic nitrogens is 3. The van der Waals surface area contributed by atoms with Gasteiger partial charge in [-0.2, -0.15) is 4.98 Å². The molecule has 1 aromatic carbocycles. The first-order valence-electron chi connectivity index (χ1n) is 5.19. The highest BCUT2D eigenvalue weighted by Crippen LogP contribution is 2.24. The van der Waals surface area contributed by atoms with Crippen LogP contribution in [-0.2, 0) is 0 Å². The summed E-state index contributed by atoms with van der Waals surface area (Å²) in [4.78, 5) is 8.24. The summed E-state index contributed by atoms with van der Waals surface area (Å²) in [7, 11) is 0. The van der Waals surface area contributed by atoms with Crippen LogP contribution >= 0.6 is 0 Å². The van der Waals surface area contributed by atoms with E-state index in [9.17, 15) is 0 Å². The molecule has 2 heterocycles. The summed E-state index contributed by atoms with van der Waals surface area (Å²) >= 11 is 0. The van der Waals surface area contributed by atoms with E-state index in [1.165, 1.54) is 0 Å². The van der Waals surface area contributed by atoms with Crippen molar-refractivity contribution in [3.8, 4) is 11.4 Å². The van der Waals surface area contributed by atoms with Crippen LogP contribution in [0, 0.1) is 6.92 Å². The summed E-state index contributed by atoms with van der Waals surface area (Å²) in [6.07, 6.45) is 1.69. The zero-order chi connectivity index (χ0) is 11.8. The number of anilines is 1. The number of hydrogen-bond acceptors (Lipinski definition) is 5. The summed E-state index contributed by atoms with van der Waals surface area (Å²) in [6.45, 7) is 1.76. The van der Waals surface area contributed by atoms with Gasteiger partial charge in [-0.3, -0.25) is 0 Å². The monoisotopic (exact) mass is 226 g/mol. The summed E-state index contributed by atoms with van der Waals surface area (Å²) in [5.74, 6) is 1.61. The van der Waals surface area contributed by atoms with E-state index >= 15 is 0 Å². The van der Waals surface area contributed by atoms with E-state index in [4.69, 9.17) is 10.3 Å². The molecule has 0 unspecified atom stereocenters. The molecule has 0 amide bonds. The van der Waals surface area contributed by atoms with Gasteiger partial charge in [-0.1, -0.05) is 17.3 Å². The molecular weight excluding hydrogens is 216 g/mol. The molecule has 17 heavy (non-hydrogen) atoms. The summed E-state index contributed by atoms with van der Waals surface area (Å²) in [6, 6.07) is 7.74. The number of benzene rings is 1. The van der Waals surface area contributed by atoms with Gasteiger partial charge in [-0.05, 0) is 17.5 Å². The van der Waals surface area contributed by atoms with Crippen LogP contribution < -0.4 is 5.73 Å². The zero-order valence-corrected chi connectivity index (χ0v) is 9.21. The van der Waals surface area contributed by atoms with Crippen molar-refractivity contribution in [2.24, 2.45) is 0 Å². The van der Waals surface area contributed by atoms with E-state index in [2.05, 4.69) is 15.1 Å². The zero-order valence-electron chi connectivity index (χ0n) is 9.21. The maximum absolute atomic E-state index is 5.83. The summed E-state index contributed by atoms with van der Waals surface area (Å²) in [5.41, 5.74) is 6.70. The minimum atomic E-state index is 0.504. The van der Waals surface area contributed by atoms with Crippen LogP contribution in [0.4, 0.5) is 5.82 Å². The van der Waals surface area contributed by atoms with E-state index in [0.29, 0.717) is 17.5 Å². The van der Waals surface area contributed by atoms with E-state index in [1.807, 2.05) is 24.3 Å².